The van der Waals surface area contributed by atoms with Crippen LogP contribution in [0, 0.1) is 6.92 Å². The lowest BCUT2D eigenvalue weighted by Crippen LogP contribution is -2.13. The molecule has 0 radical (unpaired) electrons. The van der Waals surface area contributed by atoms with Crippen molar-refractivity contribution in [3.63, 3.8) is 0 Å². The number of carbonyl (C=O) groups is 2. The number of ketones is 1. The van der Waals surface area contributed by atoms with E-state index in [1.807, 2.05) is 0 Å². The van der Waals surface area contributed by atoms with Gasteiger partial charge in [-0.25, -0.2) is 4.68 Å². The van der Waals surface area contributed by atoms with E-state index in [-0.39, 0.29) is 17.2 Å². The van der Waals surface area contributed by atoms with Gasteiger partial charge in [0.25, 0.3) is 0 Å². The SMILES string of the molecule is CC(=O)c1cccc(C(N)=O)c1.Cc1ccc(-n2nc(-c3cccnc3)cc2C(F)(F)F)cn1. The minimum atomic E-state index is -4.52. The molecule has 3 heterocycles. The van der Waals surface area contributed by atoms with E-state index >= 15 is 0 Å². The zero-order valence-corrected chi connectivity index (χ0v) is 18.2. The quantitative estimate of drug-likeness (QED) is 0.440. The lowest BCUT2D eigenvalue weighted by molar-refractivity contribution is -0.142. The van der Waals surface area contributed by atoms with E-state index in [1.165, 1.54) is 25.4 Å². The van der Waals surface area contributed by atoms with E-state index < -0.39 is 17.8 Å². The summed E-state index contributed by atoms with van der Waals surface area (Å²) in [5, 5.41) is 4.06. The molecule has 174 valence electrons. The second-order valence-corrected chi connectivity index (χ2v) is 7.23. The minimum absolute atomic E-state index is 0.0712. The van der Waals surface area contributed by atoms with Crippen molar-refractivity contribution in [3.8, 4) is 16.9 Å². The third-order valence-electron chi connectivity index (χ3n) is 4.65. The number of halogens is 3. The molecule has 34 heavy (non-hydrogen) atoms. The summed E-state index contributed by atoms with van der Waals surface area (Å²) >= 11 is 0. The summed E-state index contributed by atoms with van der Waals surface area (Å²) in [7, 11) is 0. The second kappa shape index (κ2) is 10.1. The van der Waals surface area contributed by atoms with Crippen molar-refractivity contribution in [2.45, 2.75) is 20.0 Å². The van der Waals surface area contributed by atoms with Gasteiger partial charge in [-0.2, -0.15) is 18.3 Å². The van der Waals surface area contributed by atoms with Gasteiger partial charge in [-0.3, -0.25) is 19.6 Å². The summed E-state index contributed by atoms with van der Waals surface area (Å²) in [5.41, 5.74) is 6.76. The molecule has 4 rings (SSSR count). The number of nitrogens with two attached hydrogens (primary N) is 1. The Bertz CT molecular complexity index is 1270. The number of benzene rings is 1. The molecule has 0 atom stereocenters. The second-order valence-electron chi connectivity index (χ2n) is 7.23. The highest BCUT2D eigenvalue weighted by Crippen LogP contribution is 2.33. The number of pyridine rings is 2. The molecule has 4 aromatic rings. The number of amides is 1. The van der Waals surface area contributed by atoms with Crippen molar-refractivity contribution >= 4 is 11.7 Å². The summed E-state index contributed by atoms with van der Waals surface area (Å²) < 4.78 is 40.6. The Labute approximate surface area is 193 Å². The van der Waals surface area contributed by atoms with Crippen molar-refractivity contribution in [1.29, 1.82) is 0 Å². The van der Waals surface area contributed by atoms with Crippen LogP contribution in [0.3, 0.4) is 0 Å². The Balaban J connectivity index is 0.000000229. The van der Waals surface area contributed by atoms with E-state index in [1.54, 1.807) is 55.6 Å². The van der Waals surface area contributed by atoms with Crippen LogP contribution in [0.1, 0.15) is 39.0 Å². The molecule has 0 fully saturated rings. The molecular weight excluding hydrogens is 447 g/mol. The summed E-state index contributed by atoms with van der Waals surface area (Å²) in [6, 6.07) is 13.9. The van der Waals surface area contributed by atoms with Crippen LogP contribution < -0.4 is 5.73 Å². The van der Waals surface area contributed by atoms with Gasteiger partial charge in [-0.05, 0) is 56.3 Å². The average molecular weight is 467 g/mol. The van der Waals surface area contributed by atoms with Crippen LogP contribution in [-0.4, -0.2) is 31.4 Å². The van der Waals surface area contributed by atoms with Crippen molar-refractivity contribution in [1.82, 2.24) is 19.7 Å². The van der Waals surface area contributed by atoms with Gasteiger partial charge in [0.1, 0.15) is 5.69 Å². The molecular formula is C24H20F3N5O2. The van der Waals surface area contributed by atoms with Gasteiger partial charge in [0.15, 0.2) is 5.78 Å². The maximum atomic E-state index is 13.2. The molecule has 0 aliphatic carbocycles. The van der Waals surface area contributed by atoms with E-state index in [9.17, 15) is 22.8 Å². The molecule has 0 bridgehead atoms. The van der Waals surface area contributed by atoms with E-state index in [4.69, 9.17) is 5.73 Å². The van der Waals surface area contributed by atoms with Crippen LogP contribution in [0.2, 0.25) is 0 Å². The Kier molecular flexibility index (Phi) is 7.20. The smallest absolute Gasteiger partial charge is 0.366 e. The largest absolute Gasteiger partial charge is 0.433 e. The van der Waals surface area contributed by atoms with Crippen LogP contribution in [0.25, 0.3) is 16.9 Å². The van der Waals surface area contributed by atoms with Gasteiger partial charge in [-0.15, -0.1) is 0 Å². The molecule has 2 N–H and O–H groups in total. The molecule has 0 spiro atoms. The minimum Gasteiger partial charge on any atom is -0.366 e. The maximum absolute atomic E-state index is 13.2. The van der Waals surface area contributed by atoms with Crippen molar-refractivity contribution < 1.29 is 22.8 Å². The van der Waals surface area contributed by atoms with E-state index in [0.29, 0.717) is 16.7 Å². The highest BCUT2D eigenvalue weighted by atomic mass is 19.4. The number of nitrogens with zero attached hydrogens (tertiary/aromatic N) is 4. The molecule has 0 aliphatic heterocycles. The van der Waals surface area contributed by atoms with Gasteiger partial charge >= 0.3 is 6.18 Å². The van der Waals surface area contributed by atoms with E-state index in [0.717, 1.165) is 16.4 Å². The normalized spacial score (nSPS) is 10.9. The van der Waals surface area contributed by atoms with Gasteiger partial charge in [-0.1, -0.05) is 12.1 Å². The van der Waals surface area contributed by atoms with Crippen LogP contribution in [0.15, 0.2) is 73.2 Å². The third kappa shape index (κ3) is 5.91. The molecule has 1 aromatic carbocycles. The fraction of sp³-hybridized carbons (Fsp3) is 0.125. The standard InChI is InChI=1S/C15H11F3N4.C9H9NO2/c1-10-4-5-12(9-20-10)22-14(15(16,17)18)7-13(21-22)11-3-2-6-19-8-11;1-6(11)7-3-2-4-8(5-7)9(10)12/h2-9H,1H3;2-5H,1H3,(H2,10,12). The van der Waals surface area contributed by atoms with Crippen LogP contribution in [-0.2, 0) is 6.18 Å². The number of hydrogen-bond donors (Lipinski definition) is 1. The molecule has 0 aliphatic rings. The fourth-order valence-corrected chi connectivity index (χ4v) is 2.91. The van der Waals surface area contributed by atoms with Crippen LogP contribution >= 0.6 is 0 Å². The first-order chi connectivity index (χ1) is 16.1. The summed E-state index contributed by atoms with van der Waals surface area (Å²) in [6.45, 7) is 3.21. The van der Waals surface area contributed by atoms with Crippen LogP contribution in [0.4, 0.5) is 13.2 Å². The Morgan fingerprint density at radius 2 is 1.71 bits per heavy atom. The Morgan fingerprint density at radius 3 is 2.26 bits per heavy atom. The Morgan fingerprint density at radius 1 is 0.971 bits per heavy atom. The fourth-order valence-electron chi connectivity index (χ4n) is 2.91. The maximum Gasteiger partial charge on any atom is 0.433 e. The number of carbonyl (C=O) groups excluding carboxylic acids is 2. The number of rotatable bonds is 4. The summed E-state index contributed by atoms with van der Waals surface area (Å²) in [6.07, 6.45) is -0.127. The van der Waals surface area contributed by atoms with Crippen molar-refractivity contribution in [3.05, 3.63) is 95.7 Å². The number of aryl methyl sites for hydroxylation is 1. The number of aromatic nitrogens is 4. The first-order valence-corrected chi connectivity index (χ1v) is 9.97. The van der Waals surface area contributed by atoms with Gasteiger partial charge in [0, 0.05) is 34.8 Å². The monoisotopic (exact) mass is 467 g/mol. The van der Waals surface area contributed by atoms with Crippen molar-refractivity contribution in [2.75, 3.05) is 0 Å². The predicted molar refractivity (Wildman–Crippen MR) is 119 cm³/mol. The first-order valence-electron chi connectivity index (χ1n) is 9.97. The van der Waals surface area contributed by atoms with Gasteiger partial charge < -0.3 is 5.73 Å². The predicted octanol–water partition coefficient (Wildman–Crippen LogP) is 4.64. The number of hydrogen-bond acceptors (Lipinski definition) is 5. The van der Waals surface area contributed by atoms with Crippen LogP contribution in [0.5, 0.6) is 0 Å². The van der Waals surface area contributed by atoms with Gasteiger partial charge in [0.2, 0.25) is 5.91 Å². The topological polar surface area (TPSA) is 104 Å². The number of Topliss-reactive ketones (excluding diaryl/α,β-unsaturated/α-hetero) is 1. The lowest BCUT2D eigenvalue weighted by Gasteiger charge is -2.09. The lowest BCUT2D eigenvalue weighted by atomic mass is 10.1. The molecule has 1 amide bonds. The molecule has 10 heteroatoms. The zero-order chi connectivity index (χ0) is 24.9. The summed E-state index contributed by atoms with van der Waals surface area (Å²) in [5.74, 6) is -0.587. The van der Waals surface area contributed by atoms with E-state index in [2.05, 4.69) is 15.1 Å². The zero-order valence-electron chi connectivity index (χ0n) is 18.2. The highest BCUT2D eigenvalue weighted by Gasteiger charge is 2.36. The summed E-state index contributed by atoms with van der Waals surface area (Å²) in [4.78, 5) is 29.5. The molecule has 0 saturated carbocycles. The molecule has 0 unspecified atom stereocenters. The van der Waals surface area contributed by atoms with Crippen molar-refractivity contribution in [2.24, 2.45) is 5.73 Å². The molecule has 7 nitrogen and oxygen atoms in total. The number of primary amides is 1. The molecule has 3 aromatic heterocycles. The average Bonchev–Trinajstić information content (AvgIpc) is 3.27. The molecule has 0 saturated heterocycles. The third-order valence-corrected chi connectivity index (χ3v) is 4.65. The Hall–Kier alpha value is -4.34. The number of alkyl halides is 3. The first kappa shape index (κ1) is 24.3. The van der Waals surface area contributed by atoms with Gasteiger partial charge in [0.05, 0.1) is 17.6 Å². The highest BCUT2D eigenvalue weighted by molar-refractivity contribution is 5.98.